The second-order valence-electron chi connectivity index (χ2n) is 7.19. The van der Waals surface area contributed by atoms with Gasteiger partial charge in [0.15, 0.2) is 5.11 Å². The number of rotatable bonds is 5. The van der Waals surface area contributed by atoms with Gasteiger partial charge in [0.25, 0.3) is 5.91 Å². The van der Waals surface area contributed by atoms with Crippen molar-refractivity contribution in [2.75, 3.05) is 18.5 Å². The summed E-state index contributed by atoms with van der Waals surface area (Å²) in [6, 6.07) is 9.38. The Bertz CT molecular complexity index is 909. The van der Waals surface area contributed by atoms with Gasteiger partial charge in [0, 0.05) is 12.0 Å². The number of quaternary nitrogens is 1. The van der Waals surface area contributed by atoms with E-state index in [1.54, 1.807) is 31.2 Å². The molecule has 154 valence electrons. The van der Waals surface area contributed by atoms with Crippen molar-refractivity contribution in [3.05, 3.63) is 51.9 Å². The highest BCUT2D eigenvalue weighted by molar-refractivity contribution is 7.80. The van der Waals surface area contributed by atoms with Gasteiger partial charge in [-0.15, -0.1) is 11.3 Å². The maximum absolute atomic E-state index is 12.6. The predicted octanol–water partition coefficient (Wildman–Crippen LogP) is 2.40. The Morgan fingerprint density at radius 2 is 2.00 bits per heavy atom. The van der Waals surface area contributed by atoms with Crippen LogP contribution in [0.2, 0.25) is 0 Å². The zero-order chi connectivity index (χ0) is 21.0. The summed E-state index contributed by atoms with van der Waals surface area (Å²) in [5.74, 6) is -0.643. The van der Waals surface area contributed by atoms with Crippen LogP contribution >= 0.6 is 23.6 Å². The number of ether oxygens (including phenoxy) is 1. The van der Waals surface area contributed by atoms with E-state index >= 15 is 0 Å². The lowest BCUT2D eigenvalue weighted by molar-refractivity contribution is -0.936. The molecule has 0 radical (unpaired) electrons. The van der Waals surface area contributed by atoms with E-state index in [1.807, 2.05) is 6.07 Å². The smallest absolute Gasteiger partial charge is 0.341 e. The molecule has 2 aromatic rings. The first-order valence-corrected chi connectivity index (χ1v) is 11.0. The lowest BCUT2D eigenvalue weighted by Crippen LogP contribution is -3.14. The Balaban J connectivity index is 1.81. The number of carbonyl (C=O) groups is 2. The van der Waals surface area contributed by atoms with Crippen molar-refractivity contribution in [3.8, 4) is 0 Å². The first-order valence-electron chi connectivity index (χ1n) is 9.74. The van der Waals surface area contributed by atoms with E-state index in [0.717, 1.165) is 25.1 Å². The van der Waals surface area contributed by atoms with E-state index in [-0.39, 0.29) is 17.0 Å². The van der Waals surface area contributed by atoms with E-state index in [4.69, 9.17) is 17.0 Å². The molecule has 1 aliphatic rings. The zero-order valence-corrected chi connectivity index (χ0v) is 18.5. The molecule has 0 bridgehead atoms. The number of thiocarbonyl (C=S) groups is 1. The van der Waals surface area contributed by atoms with Crippen LogP contribution in [0.3, 0.4) is 0 Å². The van der Waals surface area contributed by atoms with E-state index in [0.29, 0.717) is 28.8 Å². The highest BCUT2D eigenvalue weighted by atomic mass is 32.1. The number of fused-ring (bicyclic) bond motifs is 1. The average molecular weight is 433 g/mol. The number of hydrogen-bond donors (Lipinski definition) is 3. The maximum atomic E-state index is 12.6. The van der Waals surface area contributed by atoms with Crippen LogP contribution in [0.5, 0.6) is 0 Å². The maximum Gasteiger partial charge on any atom is 0.341 e. The summed E-state index contributed by atoms with van der Waals surface area (Å²) in [5, 5.41) is 6.54. The number of nitrogens with one attached hydrogen (secondary N) is 3. The highest BCUT2D eigenvalue weighted by Gasteiger charge is 2.32. The van der Waals surface area contributed by atoms with Gasteiger partial charge in [-0.25, -0.2) is 4.79 Å². The van der Waals surface area contributed by atoms with Crippen molar-refractivity contribution >= 4 is 45.5 Å². The summed E-state index contributed by atoms with van der Waals surface area (Å²) >= 11 is 6.85. The molecule has 3 N–H and O–H groups in total. The molecule has 0 saturated carbocycles. The zero-order valence-electron chi connectivity index (χ0n) is 16.8. The summed E-state index contributed by atoms with van der Waals surface area (Å²) in [5.41, 5.74) is 2.10. The quantitative estimate of drug-likeness (QED) is 0.500. The van der Waals surface area contributed by atoms with Crippen LogP contribution in [-0.2, 0) is 17.7 Å². The van der Waals surface area contributed by atoms with Crippen molar-refractivity contribution in [1.82, 2.24) is 5.32 Å². The number of anilines is 1. The van der Waals surface area contributed by atoms with E-state index < -0.39 is 0 Å². The van der Waals surface area contributed by atoms with Crippen LogP contribution < -0.4 is 15.5 Å². The Morgan fingerprint density at radius 3 is 2.66 bits per heavy atom. The van der Waals surface area contributed by atoms with Gasteiger partial charge in [-0.05, 0) is 50.7 Å². The molecule has 1 amide bonds. The minimum atomic E-state index is -0.349. The number of hydrogen-bond acceptors (Lipinski definition) is 5. The van der Waals surface area contributed by atoms with Crippen molar-refractivity contribution in [2.24, 2.45) is 0 Å². The number of benzene rings is 1. The summed E-state index contributed by atoms with van der Waals surface area (Å²) in [6.45, 7) is 8.35. The van der Waals surface area contributed by atoms with Crippen molar-refractivity contribution in [3.63, 3.8) is 0 Å². The number of thiophene rings is 1. The Kier molecular flexibility index (Phi) is 7.00. The van der Waals surface area contributed by atoms with Gasteiger partial charge in [-0.2, -0.15) is 0 Å². The molecule has 29 heavy (non-hydrogen) atoms. The number of carbonyl (C=O) groups excluding carboxylic acids is 2. The van der Waals surface area contributed by atoms with Gasteiger partial charge in [-0.3, -0.25) is 10.1 Å². The summed E-state index contributed by atoms with van der Waals surface area (Å²) in [4.78, 5) is 27.7. The molecule has 6 nitrogen and oxygen atoms in total. The molecular formula is C21H26N3O3S2+. The number of amides is 1. The monoisotopic (exact) mass is 432 g/mol. The Hall–Kier alpha value is -2.29. The molecule has 1 aliphatic heterocycles. The molecule has 2 heterocycles. The van der Waals surface area contributed by atoms with E-state index in [9.17, 15) is 9.59 Å². The fraction of sp³-hybridized carbons (Fsp3) is 0.381. The van der Waals surface area contributed by atoms with Crippen molar-refractivity contribution in [2.45, 2.75) is 39.8 Å². The molecule has 1 unspecified atom stereocenters. The molecule has 3 rings (SSSR count). The van der Waals surface area contributed by atoms with E-state index in [2.05, 4.69) is 24.5 Å². The Morgan fingerprint density at radius 1 is 1.28 bits per heavy atom. The molecule has 0 aliphatic carbocycles. The third kappa shape index (κ3) is 5.01. The van der Waals surface area contributed by atoms with Crippen LogP contribution in [-0.4, -0.2) is 36.2 Å². The lowest BCUT2D eigenvalue weighted by Gasteiger charge is -2.27. The molecule has 1 aromatic carbocycles. The molecular weight excluding hydrogens is 406 g/mol. The third-order valence-corrected chi connectivity index (χ3v) is 6.31. The lowest BCUT2D eigenvalue weighted by atomic mass is 10.0. The van der Waals surface area contributed by atoms with Crippen LogP contribution in [0.25, 0.3) is 0 Å². The van der Waals surface area contributed by atoms with Crippen LogP contribution in [0, 0.1) is 0 Å². The highest BCUT2D eigenvalue weighted by Crippen LogP contribution is 2.35. The SMILES string of the molecule is CCOC(=O)c1c(NC(=S)NC(=O)c2ccccc2)sc2c1CC[NH+](C(C)C)C2. The molecule has 8 heteroatoms. The van der Waals surface area contributed by atoms with Gasteiger partial charge in [-0.1, -0.05) is 18.2 Å². The molecule has 0 spiro atoms. The minimum absolute atomic E-state index is 0.163. The standard InChI is InChI=1S/C21H25N3O3S2/c1-4-27-20(26)17-15-10-11-24(13(2)3)12-16(15)29-19(17)23-21(28)22-18(25)14-8-6-5-7-9-14/h5-9,13H,4,10-12H2,1-3H3,(H2,22,23,25,28)/p+1. The first kappa shape index (κ1) is 21.4. The second kappa shape index (κ2) is 9.47. The normalized spacial score (nSPS) is 15.5. The molecule has 1 aromatic heterocycles. The minimum Gasteiger partial charge on any atom is -0.462 e. The molecule has 0 saturated heterocycles. The van der Waals surface area contributed by atoms with Crippen molar-refractivity contribution in [1.29, 1.82) is 0 Å². The molecule has 0 fully saturated rings. The van der Waals surface area contributed by atoms with Crippen LogP contribution in [0.15, 0.2) is 30.3 Å². The van der Waals surface area contributed by atoms with E-state index in [1.165, 1.54) is 21.1 Å². The van der Waals surface area contributed by atoms with Gasteiger partial charge >= 0.3 is 5.97 Å². The molecule has 1 atom stereocenters. The average Bonchev–Trinajstić information content (AvgIpc) is 3.05. The summed E-state index contributed by atoms with van der Waals surface area (Å²) < 4.78 is 5.29. The summed E-state index contributed by atoms with van der Waals surface area (Å²) in [7, 11) is 0. The first-order chi connectivity index (χ1) is 13.9. The van der Waals surface area contributed by atoms with Crippen LogP contribution in [0.4, 0.5) is 5.00 Å². The van der Waals surface area contributed by atoms with Crippen molar-refractivity contribution < 1.29 is 19.2 Å². The van der Waals surface area contributed by atoms with Gasteiger partial charge < -0.3 is 15.0 Å². The van der Waals surface area contributed by atoms with Gasteiger partial charge in [0.05, 0.1) is 29.6 Å². The van der Waals surface area contributed by atoms with Gasteiger partial charge in [0.1, 0.15) is 11.5 Å². The fourth-order valence-corrected chi connectivity index (χ4v) is 4.95. The topological polar surface area (TPSA) is 71.9 Å². The number of esters is 1. The van der Waals surface area contributed by atoms with Crippen LogP contribution in [0.1, 0.15) is 51.9 Å². The summed E-state index contributed by atoms with van der Waals surface area (Å²) in [6.07, 6.45) is 0.818. The largest absolute Gasteiger partial charge is 0.462 e. The predicted molar refractivity (Wildman–Crippen MR) is 119 cm³/mol. The second-order valence-corrected chi connectivity index (χ2v) is 8.71. The third-order valence-electron chi connectivity index (χ3n) is 4.96. The fourth-order valence-electron chi connectivity index (χ4n) is 3.40. The Labute approximate surface area is 180 Å². The van der Waals surface area contributed by atoms with Gasteiger partial charge in [0.2, 0.25) is 0 Å².